The molecule has 4 aromatic carbocycles. The van der Waals surface area contributed by atoms with E-state index in [4.69, 9.17) is 21.1 Å². The number of carbonyl (C=O) groups excluding carboxylic acids is 3. The molecule has 0 heterocycles. The first-order valence-electron chi connectivity index (χ1n) is 12.1. The monoisotopic (exact) mass is 619 g/mol. The largest absolute Gasteiger partial charge is 0.490 e. The maximum atomic E-state index is 12.5. The minimum Gasteiger partial charge on any atom is -0.490 e. The summed E-state index contributed by atoms with van der Waals surface area (Å²) in [5, 5.41) is 7.31. The van der Waals surface area contributed by atoms with Crippen LogP contribution in [0.4, 0.5) is 5.69 Å². The number of nitrogens with one attached hydrogen (secondary N) is 2. The van der Waals surface area contributed by atoms with Gasteiger partial charge in [-0.25, -0.2) is 10.2 Å². The molecule has 0 unspecified atom stereocenters. The molecule has 0 saturated heterocycles. The molecule has 0 atom stereocenters. The Bertz CT molecular complexity index is 1540. The normalized spacial score (nSPS) is 10.7. The SMILES string of the molecule is CCOc1cc(/C=N\NC(=O)c2ccc(NC(=O)c3ccc(Cl)cc3)cc2)ccc1OC(=O)c1ccc(Br)cc1. The van der Waals surface area contributed by atoms with Crippen molar-refractivity contribution in [1.82, 2.24) is 5.43 Å². The fraction of sp³-hybridized carbons (Fsp3) is 0.0667. The molecule has 0 spiro atoms. The number of benzene rings is 4. The lowest BCUT2D eigenvalue weighted by Gasteiger charge is -2.11. The van der Waals surface area contributed by atoms with E-state index in [2.05, 4.69) is 31.8 Å². The molecule has 2 amide bonds. The Labute approximate surface area is 244 Å². The Hall–Kier alpha value is -4.47. The number of ether oxygens (including phenoxy) is 2. The number of halogens is 2. The van der Waals surface area contributed by atoms with Gasteiger partial charge in [-0.3, -0.25) is 9.59 Å². The van der Waals surface area contributed by atoms with Gasteiger partial charge in [0.05, 0.1) is 18.4 Å². The van der Waals surface area contributed by atoms with E-state index in [1.807, 2.05) is 6.92 Å². The molecule has 0 aliphatic rings. The van der Waals surface area contributed by atoms with Crippen LogP contribution in [-0.4, -0.2) is 30.6 Å². The van der Waals surface area contributed by atoms with Gasteiger partial charge in [-0.05, 0) is 103 Å². The highest BCUT2D eigenvalue weighted by Gasteiger charge is 2.13. The van der Waals surface area contributed by atoms with Crippen LogP contribution < -0.4 is 20.2 Å². The van der Waals surface area contributed by atoms with E-state index < -0.39 is 11.9 Å². The molecule has 4 rings (SSSR count). The van der Waals surface area contributed by atoms with Crippen LogP contribution in [0.15, 0.2) is 101 Å². The van der Waals surface area contributed by atoms with Crippen molar-refractivity contribution in [3.05, 3.63) is 123 Å². The van der Waals surface area contributed by atoms with Crippen molar-refractivity contribution >= 4 is 57.2 Å². The van der Waals surface area contributed by atoms with Crippen LogP contribution in [0.3, 0.4) is 0 Å². The summed E-state index contributed by atoms with van der Waals surface area (Å²) in [6.07, 6.45) is 1.45. The van der Waals surface area contributed by atoms with Gasteiger partial charge in [0.15, 0.2) is 11.5 Å². The summed E-state index contributed by atoms with van der Waals surface area (Å²) < 4.78 is 12.0. The van der Waals surface area contributed by atoms with Gasteiger partial charge in [0, 0.05) is 26.3 Å². The maximum Gasteiger partial charge on any atom is 0.343 e. The van der Waals surface area contributed by atoms with Crippen molar-refractivity contribution in [3.8, 4) is 11.5 Å². The maximum absolute atomic E-state index is 12.5. The second-order valence-electron chi connectivity index (χ2n) is 8.27. The third-order valence-electron chi connectivity index (χ3n) is 5.44. The number of esters is 1. The number of rotatable bonds is 9. The van der Waals surface area contributed by atoms with Crippen LogP contribution in [0.5, 0.6) is 11.5 Å². The molecular weight excluding hydrogens is 598 g/mol. The predicted molar refractivity (Wildman–Crippen MR) is 158 cm³/mol. The molecule has 0 saturated carbocycles. The first-order chi connectivity index (χ1) is 19.3. The van der Waals surface area contributed by atoms with E-state index in [9.17, 15) is 14.4 Å². The molecule has 40 heavy (non-hydrogen) atoms. The number of hydrogen-bond acceptors (Lipinski definition) is 6. The molecule has 2 N–H and O–H groups in total. The molecule has 8 nitrogen and oxygen atoms in total. The summed E-state index contributed by atoms with van der Waals surface area (Å²) in [6.45, 7) is 2.17. The van der Waals surface area contributed by atoms with Crippen molar-refractivity contribution in [2.75, 3.05) is 11.9 Å². The first kappa shape index (κ1) is 28.5. The zero-order valence-electron chi connectivity index (χ0n) is 21.2. The van der Waals surface area contributed by atoms with E-state index in [0.717, 1.165) is 4.47 Å². The number of hydrazone groups is 1. The van der Waals surface area contributed by atoms with Gasteiger partial charge in [-0.1, -0.05) is 27.5 Å². The van der Waals surface area contributed by atoms with Gasteiger partial charge < -0.3 is 14.8 Å². The molecule has 0 aliphatic carbocycles. The molecule has 10 heteroatoms. The highest BCUT2D eigenvalue weighted by atomic mass is 79.9. The second kappa shape index (κ2) is 13.5. The van der Waals surface area contributed by atoms with Crippen LogP contribution in [0.2, 0.25) is 5.02 Å². The minimum absolute atomic E-state index is 0.263. The van der Waals surface area contributed by atoms with Crippen LogP contribution in [0, 0.1) is 0 Å². The predicted octanol–water partition coefficient (Wildman–Crippen LogP) is 6.74. The second-order valence-corrected chi connectivity index (χ2v) is 9.63. The van der Waals surface area contributed by atoms with Crippen LogP contribution in [0.1, 0.15) is 43.6 Å². The highest BCUT2D eigenvalue weighted by Crippen LogP contribution is 2.29. The fourth-order valence-electron chi connectivity index (χ4n) is 3.44. The molecule has 0 radical (unpaired) electrons. The number of nitrogens with zero attached hydrogens (tertiary/aromatic N) is 1. The lowest BCUT2D eigenvalue weighted by molar-refractivity contribution is 0.0728. The Balaban J connectivity index is 1.35. The summed E-state index contributed by atoms with van der Waals surface area (Å²) in [4.78, 5) is 37.4. The summed E-state index contributed by atoms with van der Waals surface area (Å²) in [6, 6.07) is 24.7. The van der Waals surface area contributed by atoms with Crippen molar-refractivity contribution in [2.45, 2.75) is 6.92 Å². The number of hydrogen-bond donors (Lipinski definition) is 2. The number of amides is 2. The Morgan fingerprint density at radius 3 is 2.12 bits per heavy atom. The van der Waals surface area contributed by atoms with E-state index in [0.29, 0.717) is 45.3 Å². The molecule has 0 aliphatic heterocycles. The summed E-state index contributed by atoms with van der Waals surface area (Å²) in [5.74, 6) is -0.618. The zero-order chi connectivity index (χ0) is 28.5. The third kappa shape index (κ3) is 7.78. The average Bonchev–Trinajstić information content (AvgIpc) is 2.95. The summed E-state index contributed by atoms with van der Waals surface area (Å²) in [5.41, 5.74) is 4.83. The fourth-order valence-corrected chi connectivity index (χ4v) is 3.83. The third-order valence-corrected chi connectivity index (χ3v) is 6.22. The smallest absolute Gasteiger partial charge is 0.343 e. The Morgan fingerprint density at radius 1 is 0.825 bits per heavy atom. The molecule has 202 valence electrons. The van der Waals surface area contributed by atoms with E-state index in [-0.39, 0.29) is 11.7 Å². The summed E-state index contributed by atoms with van der Waals surface area (Å²) in [7, 11) is 0. The van der Waals surface area contributed by atoms with Gasteiger partial charge in [-0.2, -0.15) is 5.10 Å². The molecule has 0 bridgehead atoms. The standard InChI is InChI=1S/C30H23BrClN3O5/c1-2-39-27-17-19(3-16-26(27)40-30(38)22-4-10-23(31)11-5-22)18-33-35-29(37)21-8-14-25(15-9-21)34-28(36)20-6-12-24(32)13-7-20/h3-18H,2H2,1H3,(H,34,36)(H,35,37)/b33-18-. The van der Waals surface area contributed by atoms with Gasteiger partial charge in [0.1, 0.15) is 0 Å². The molecular formula is C30H23BrClN3O5. The first-order valence-corrected chi connectivity index (χ1v) is 13.2. The van der Waals surface area contributed by atoms with Crippen LogP contribution in [0.25, 0.3) is 0 Å². The average molecular weight is 621 g/mol. The van der Waals surface area contributed by atoms with Crippen molar-refractivity contribution < 1.29 is 23.9 Å². The van der Waals surface area contributed by atoms with Gasteiger partial charge in [-0.15, -0.1) is 0 Å². The Morgan fingerprint density at radius 2 is 1.45 bits per heavy atom. The topological polar surface area (TPSA) is 106 Å². The van der Waals surface area contributed by atoms with Crippen molar-refractivity contribution in [1.29, 1.82) is 0 Å². The van der Waals surface area contributed by atoms with Crippen molar-refractivity contribution in [2.24, 2.45) is 5.10 Å². The Kier molecular flexibility index (Phi) is 9.66. The lowest BCUT2D eigenvalue weighted by atomic mass is 10.1. The van der Waals surface area contributed by atoms with Gasteiger partial charge in [0.25, 0.3) is 11.8 Å². The summed E-state index contributed by atoms with van der Waals surface area (Å²) >= 11 is 9.19. The van der Waals surface area contributed by atoms with Crippen LogP contribution in [-0.2, 0) is 0 Å². The van der Waals surface area contributed by atoms with Crippen molar-refractivity contribution in [3.63, 3.8) is 0 Å². The highest BCUT2D eigenvalue weighted by molar-refractivity contribution is 9.10. The number of anilines is 1. The van der Waals surface area contributed by atoms with Gasteiger partial charge in [0.2, 0.25) is 0 Å². The molecule has 0 fully saturated rings. The minimum atomic E-state index is -0.516. The quantitative estimate of drug-likeness (QED) is 0.0934. The molecule has 4 aromatic rings. The van der Waals surface area contributed by atoms with Gasteiger partial charge >= 0.3 is 5.97 Å². The van der Waals surface area contributed by atoms with E-state index in [1.54, 1.807) is 91.0 Å². The lowest BCUT2D eigenvalue weighted by Crippen LogP contribution is -2.18. The zero-order valence-corrected chi connectivity index (χ0v) is 23.5. The van der Waals surface area contributed by atoms with E-state index in [1.165, 1.54) is 6.21 Å². The van der Waals surface area contributed by atoms with Crippen LogP contribution >= 0.6 is 27.5 Å². The van der Waals surface area contributed by atoms with E-state index >= 15 is 0 Å². The molecule has 0 aromatic heterocycles. The number of carbonyl (C=O) groups is 3.